The van der Waals surface area contributed by atoms with Crippen LogP contribution in [-0.4, -0.2) is 54.3 Å². The van der Waals surface area contributed by atoms with E-state index in [4.69, 9.17) is 0 Å². The zero-order valence-corrected chi connectivity index (χ0v) is 14.0. The van der Waals surface area contributed by atoms with Crippen molar-refractivity contribution in [3.05, 3.63) is 35.4 Å². The third-order valence-corrected chi connectivity index (χ3v) is 4.40. The van der Waals surface area contributed by atoms with Gasteiger partial charge in [-0.25, -0.2) is 0 Å². The second-order valence-electron chi connectivity index (χ2n) is 6.55. The lowest BCUT2D eigenvalue weighted by Crippen LogP contribution is -2.41. The molecule has 1 aliphatic heterocycles. The molecule has 23 heavy (non-hydrogen) atoms. The molecule has 0 aromatic heterocycles. The number of aliphatic imine (C=N–C) groups is 1. The number of guanidine groups is 1. The van der Waals surface area contributed by atoms with Crippen LogP contribution in [0.2, 0.25) is 0 Å². The molecule has 1 aliphatic carbocycles. The smallest absolute Gasteiger partial charge is 0.191 e. The summed E-state index contributed by atoms with van der Waals surface area (Å²) in [4.78, 5) is 6.84. The van der Waals surface area contributed by atoms with Crippen LogP contribution >= 0.6 is 0 Å². The molecule has 5 nitrogen and oxygen atoms in total. The van der Waals surface area contributed by atoms with Crippen LogP contribution in [0.5, 0.6) is 0 Å². The molecule has 1 saturated carbocycles. The molecule has 0 spiro atoms. The van der Waals surface area contributed by atoms with Crippen LogP contribution in [0.25, 0.3) is 0 Å². The van der Waals surface area contributed by atoms with Crippen molar-refractivity contribution in [3.8, 4) is 0 Å². The van der Waals surface area contributed by atoms with E-state index in [0.29, 0.717) is 19.1 Å². The summed E-state index contributed by atoms with van der Waals surface area (Å²) in [5, 5.41) is 16.9. The predicted molar refractivity (Wildman–Crippen MR) is 93.6 cm³/mol. The lowest BCUT2D eigenvalue weighted by molar-refractivity contribution is 0.111. The van der Waals surface area contributed by atoms with Crippen LogP contribution in [0.4, 0.5) is 0 Å². The van der Waals surface area contributed by atoms with Crippen molar-refractivity contribution in [1.29, 1.82) is 0 Å². The van der Waals surface area contributed by atoms with Crippen LogP contribution in [0, 0.1) is 0 Å². The Hall–Kier alpha value is -1.59. The second kappa shape index (κ2) is 7.79. The van der Waals surface area contributed by atoms with E-state index in [9.17, 15) is 5.11 Å². The fraction of sp³-hybridized carbons (Fsp3) is 0.611. The third-order valence-electron chi connectivity index (χ3n) is 4.40. The number of rotatable bonds is 6. The summed E-state index contributed by atoms with van der Waals surface area (Å²) in [5.74, 6) is 0.832. The van der Waals surface area contributed by atoms with Crippen LogP contribution in [0.15, 0.2) is 29.3 Å². The third kappa shape index (κ3) is 4.94. The Bertz CT molecular complexity index is 542. The summed E-state index contributed by atoms with van der Waals surface area (Å²) in [5.41, 5.74) is 2.83. The molecule has 0 radical (unpaired) electrons. The number of nitrogens with zero attached hydrogens (tertiary/aromatic N) is 2. The maximum Gasteiger partial charge on any atom is 0.191 e. The first-order valence-electron chi connectivity index (χ1n) is 8.76. The van der Waals surface area contributed by atoms with Crippen LogP contribution in [0.1, 0.15) is 30.9 Å². The molecule has 0 amide bonds. The number of aliphatic hydroxyl groups excluding tert-OH is 1. The van der Waals surface area contributed by atoms with Crippen LogP contribution in [0.3, 0.4) is 0 Å². The Kier molecular flexibility index (Phi) is 5.51. The van der Waals surface area contributed by atoms with Crippen LogP contribution in [-0.2, 0) is 13.0 Å². The molecule has 5 heteroatoms. The molecule has 1 fully saturated rings. The normalized spacial score (nSPS) is 20.0. The molecule has 1 heterocycles. The fourth-order valence-corrected chi connectivity index (χ4v) is 3.00. The highest BCUT2D eigenvalue weighted by molar-refractivity contribution is 5.80. The largest absolute Gasteiger partial charge is 0.390 e. The van der Waals surface area contributed by atoms with Gasteiger partial charge in [0.05, 0.1) is 12.6 Å². The molecule has 0 saturated heterocycles. The van der Waals surface area contributed by atoms with Crippen molar-refractivity contribution in [2.75, 3.05) is 26.2 Å². The highest BCUT2D eigenvalue weighted by Crippen LogP contribution is 2.19. The number of aliphatic hydroxyl groups is 1. The lowest BCUT2D eigenvalue weighted by Gasteiger charge is -2.30. The highest BCUT2D eigenvalue weighted by atomic mass is 16.3. The van der Waals surface area contributed by atoms with Gasteiger partial charge in [-0.1, -0.05) is 24.3 Å². The fourth-order valence-electron chi connectivity index (χ4n) is 3.00. The van der Waals surface area contributed by atoms with Gasteiger partial charge in [-0.3, -0.25) is 9.89 Å². The first-order valence-corrected chi connectivity index (χ1v) is 8.76. The van der Waals surface area contributed by atoms with E-state index in [2.05, 4.69) is 51.7 Å². The number of fused-ring (bicyclic) bond motifs is 1. The molecule has 1 unspecified atom stereocenters. The molecule has 126 valence electrons. The summed E-state index contributed by atoms with van der Waals surface area (Å²) in [6, 6.07) is 9.17. The standard InChI is InChI=1S/C18H28N4O/c1-2-19-18(21-16-7-8-16)20-11-17(23)13-22-10-9-14-5-3-4-6-15(14)12-22/h3-6,16-17,23H,2,7-13H2,1H3,(H2,19,20,21). The summed E-state index contributed by atoms with van der Waals surface area (Å²) >= 11 is 0. The first kappa shape index (κ1) is 16.3. The summed E-state index contributed by atoms with van der Waals surface area (Å²) in [6.07, 6.45) is 3.09. The Morgan fingerprint density at radius 3 is 2.87 bits per heavy atom. The quantitative estimate of drug-likeness (QED) is 0.544. The monoisotopic (exact) mass is 316 g/mol. The van der Waals surface area contributed by atoms with E-state index in [1.807, 2.05) is 0 Å². The molecule has 0 bridgehead atoms. The predicted octanol–water partition coefficient (Wildman–Crippen LogP) is 1.12. The van der Waals surface area contributed by atoms with E-state index >= 15 is 0 Å². The summed E-state index contributed by atoms with van der Waals surface area (Å²) in [6.45, 7) is 5.97. The summed E-state index contributed by atoms with van der Waals surface area (Å²) < 4.78 is 0. The minimum absolute atomic E-state index is 0.421. The molecule has 1 aromatic carbocycles. The molecular weight excluding hydrogens is 288 g/mol. The molecule has 1 atom stereocenters. The Balaban J connectivity index is 1.48. The zero-order valence-electron chi connectivity index (χ0n) is 14.0. The van der Waals surface area contributed by atoms with Gasteiger partial charge in [0.25, 0.3) is 0 Å². The van der Waals surface area contributed by atoms with Gasteiger partial charge in [0.1, 0.15) is 0 Å². The van der Waals surface area contributed by atoms with Gasteiger partial charge in [0.2, 0.25) is 0 Å². The van der Waals surface area contributed by atoms with Gasteiger partial charge >= 0.3 is 0 Å². The topological polar surface area (TPSA) is 59.9 Å². The van der Waals surface area contributed by atoms with Gasteiger partial charge in [-0.05, 0) is 37.3 Å². The number of nitrogens with one attached hydrogen (secondary N) is 2. The maximum absolute atomic E-state index is 10.3. The average Bonchev–Trinajstić information content (AvgIpc) is 3.37. The van der Waals surface area contributed by atoms with Gasteiger partial charge in [0, 0.05) is 32.2 Å². The minimum atomic E-state index is -0.421. The van der Waals surface area contributed by atoms with Crippen LogP contribution < -0.4 is 10.6 Å². The zero-order chi connectivity index (χ0) is 16.1. The lowest BCUT2D eigenvalue weighted by atomic mass is 10.00. The van der Waals surface area contributed by atoms with Gasteiger partial charge < -0.3 is 15.7 Å². The molecular formula is C18H28N4O. The van der Waals surface area contributed by atoms with E-state index in [0.717, 1.165) is 32.0 Å². The number of hydrogen-bond acceptors (Lipinski definition) is 3. The molecule has 3 rings (SSSR count). The van der Waals surface area contributed by atoms with Crippen molar-refractivity contribution >= 4 is 5.96 Å². The van der Waals surface area contributed by atoms with Gasteiger partial charge in [-0.2, -0.15) is 0 Å². The van der Waals surface area contributed by atoms with E-state index < -0.39 is 6.10 Å². The number of hydrogen-bond donors (Lipinski definition) is 3. The summed E-state index contributed by atoms with van der Waals surface area (Å²) in [7, 11) is 0. The van der Waals surface area contributed by atoms with Gasteiger partial charge in [-0.15, -0.1) is 0 Å². The maximum atomic E-state index is 10.3. The highest BCUT2D eigenvalue weighted by Gasteiger charge is 2.22. The van der Waals surface area contributed by atoms with Crippen molar-refractivity contribution in [3.63, 3.8) is 0 Å². The minimum Gasteiger partial charge on any atom is -0.390 e. The Morgan fingerprint density at radius 1 is 1.35 bits per heavy atom. The van der Waals surface area contributed by atoms with Crippen molar-refractivity contribution in [2.45, 2.75) is 44.9 Å². The second-order valence-corrected chi connectivity index (χ2v) is 6.55. The SMILES string of the molecule is CCNC(=NCC(O)CN1CCc2ccccc2C1)NC1CC1. The van der Waals surface area contributed by atoms with E-state index in [1.54, 1.807) is 0 Å². The van der Waals surface area contributed by atoms with Crippen molar-refractivity contribution < 1.29 is 5.11 Å². The molecule has 1 aromatic rings. The van der Waals surface area contributed by atoms with Crippen molar-refractivity contribution in [1.82, 2.24) is 15.5 Å². The average molecular weight is 316 g/mol. The number of benzene rings is 1. The molecule has 3 N–H and O–H groups in total. The van der Waals surface area contributed by atoms with Crippen molar-refractivity contribution in [2.24, 2.45) is 4.99 Å². The van der Waals surface area contributed by atoms with E-state index in [1.165, 1.54) is 24.0 Å². The van der Waals surface area contributed by atoms with Gasteiger partial charge in [0.15, 0.2) is 5.96 Å². The van der Waals surface area contributed by atoms with E-state index in [-0.39, 0.29) is 0 Å². The first-order chi connectivity index (χ1) is 11.2. The Labute approximate surface area is 138 Å². The Morgan fingerprint density at radius 2 is 2.13 bits per heavy atom. The number of β-amino-alcohol motifs (C(OH)–C–C–N with tert-alkyl or cyclic N) is 1. The molecule has 2 aliphatic rings.